The van der Waals surface area contributed by atoms with Crippen molar-refractivity contribution in [2.45, 2.75) is 18.9 Å². The minimum Gasteiger partial charge on any atom is -0.333 e. The van der Waals surface area contributed by atoms with Gasteiger partial charge in [0.2, 0.25) is 5.91 Å². The van der Waals surface area contributed by atoms with Crippen molar-refractivity contribution in [1.82, 2.24) is 10.2 Å². The highest BCUT2D eigenvalue weighted by Crippen LogP contribution is 2.22. The van der Waals surface area contributed by atoms with Gasteiger partial charge in [0.25, 0.3) is 0 Å². The Kier molecular flexibility index (Phi) is 4.73. The molecule has 1 aliphatic rings. The summed E-state index contributed by atoms with van der Waals surface area (Å²) >= 11 is 0. The summed E-state index contributed by atoms with van der Waals surface area (Å²) in [5, 5.41) is 3.36. The average molecular weight is 247 g/mol. The summed E-state index contributed by atoms with van der Waals surface area (Å²) in [5.74, 6) is 0.218. The molecule has 1 aromatic carbocycles. The Bertz CT molecular complexity index is 380. The third-order valence-corrected chi connectivity index (χ3v) is 3.34. The van der Waals surface area contributed by atoms with Crippen LogP contribution in [-0.4, -0.2) is 37.0 Å². The van der Waals surface area contributed by atoms with Crippen molar-refractivity contribution in [2.75, 3.05) is 26.2 Å². The van der Waals surface area contributed by atoms with Crippen molar-refractivity contribution < 1.29 is 4.79 Å². The normalized spacial score (nSPS) is 19.8. The van der Waals surface area contributed by atoms with Gasteiger partial charge in [0.1, 0.15) is 0 Å². The lowest BCUT2D eigenvalue weighted by molar-refractivity contribution is -0.134. The lowest BCUT2D eigenvalue weighted by Gasteiger charge is -2.36. The first kappa shape index (κ1) is 13.1. The van der Waals surface area contributed by atoms with Gasteiger partial charge in [-0.05, 0) is 18.5 Å². The van der Waals surface area contributed by atoms with Crippen molar-refractivity contribution >= 4 is 5.91 Å². The molecule has 98 valence electrons. The first-order valence-corrected chi connectivity index (χ1v) is 6.58. The Labute approximate surface area is 108 Å². The Morgan fingerprint density at radius 3 is 2.89 bits per heavy atom. The number of hydrogen-bond acceptors (Lipinski definition) is 3. The molecular formula is C14H21N3O. The highest BCUT2D eigenvalue weighted by molar-refractivity contribution is 5.77. The van der Waals surface area contributed by atoms with Crippen LogP contribution in [0.15, 0.2) is 30.3 Å². The summed E-state index contributed by atoms with van der Waals surface area (Å²) < 4.78 is 0. The molecule has 2 rings (SSSR count). The molecule has 1 aromatic rings. The average Bonchev–Trinajstić information content (AvgIpc) is 2.45. The molecule has 0 spiro atoms. The number of nitrogens with one attached hydrogen (secondary N) is 1. The Hall–Kier alpha value is -1.39. The largest absolute Gasteiger partial charge is 0.333 e. The van der Waals surface area contributed by atoms with Gasteiger partial charge in [0.05, 0.1) is 6.04 Å². The summed E-state index contributed by atoms with van der Waals surface area (Å²) in [4.78, 5) is 14.2. The molecule has 0 radical (unpaired) electrons. The van der Waals surface area contributed by atoms with E-state index in [9.17, 15) is 4.79 Å². The van der Waals surface area contributed by atoms with Crippen LogP contribution in [-0.2, 0) is 4.79 Å². The molecule has 4 heteroatoms. The summed E-state index contributed by atoms with van der Waals surface area (Å²) in [5.41, 5.74) is 6.67. The predicted octanol–water partition coefficient (Wildman–Crippen LogP) is 0.898. The van der Waals surface area contributed by atoms with E-state index >= 15 is 0 Å². The van der Waals surface area contributed by atoms with Crippen LogP contribution in [0.5, 0.6) is 0 Å². The zero-order chi connectivity index (χ0) is 12.8. The fraction of sp³-hybridized carbons (Fsp3) is 0.500. The van der Waals surface area contributed by atoms with Crippen molar-refractivity contribution in [3.63, 3.8) is 0 Å². The molecule has 0 aromatic heterocycles. The molecule has 1 atom stereocenters. The molecular weight excluding hydrogens is 226 g/mol. The molecule has 18 heavy (non-hydrogen) atoms. The van der Waals surface area contributed by atoms with E-state index in [2.05, 4.69) is 17.4 Å². The maximum atomic E-state index is 12.2. The van der Waals surface area contributed by atoms with Gasteiger partial charge in [0, 0.05) is 26.1 Å². The van der Waals surface area contributed by atoms with Gasteiger partial charge in [-0.1, -0.05) is 30.3 Å². The van der Waals surface area contributed by atoms with Crippen LogP contribution < -0.4 is 11.1 Å². The molecule has 1 saturated heterocycles. The smallest absolute Gasteiger partial charge is 0.223 e. The summed E-state index contributed by atoms with van der Waals surface area (Å²) in [6, 6.07) is 10.4. The van der Waals surface area contributed by atoms with Gasteiger partial charge in [-0.25, -0.2) is 0 Å². The Balaban J connectivity index is 2.09. The Morgan fingerprint density at radius 2 is 2.17 bits per heavy atom. The SMILES string of the molecule is NCCCC(=O)N1CCNCC1c1ccccc1. The molecule has 4 nitrogen and oxygen atoms in total. The standard InChI is InChI=1S/C14H21N3O/c15-8-4-7-14(18)17-10-9-16-11-13(17)12-5-2-1-3-6-12/h1-3,5-6,13,16H,4,7-11,15H2. The number of carbonyl (C=O) groups is 1. The molecule has 1 heterocycles. The monoisotopic (exact) mass is 247 g/mol. The number of benzene rings is 1. The van der Waals surface area contributed by atoms with Gasteiger partial charge in [-0.15, -0.1) is 0 Å². The first-order chi connectivity index (χ1) is 8.83. The van der Waals surface area contributed by atoms with E-state index < -0.39 is 0 Å². The second kappa shape index (κ2) is 6.52. The van der Waals surface area contributed by atoms with Crippen molar-refractivity contribution in [1.29, 1.82) is 0 Å². The summed E-state index contributed by atoms with van der Waals surface area (Å²) in [6.07, 6.45) is 1.32. The topological polar surface area (TPSA) is 58.4 Å². The fourth-order valence-corrected chi connectivity index (χ4v) is 2.37. The number of piperazine rings is 1. The minimum atomic E-state index is 0.158. The number of hydrogen-bond donors (Lipinski definition) is 2. The predicted molar refractivity (Wildman–Crippen MR) is 72.1 cm³/mol. The van der Waals surface area contributed by atoms with E-state index in [4.69, 9.17) is 5.73 Å². The van der Waals surface area contributed by atoms with E-state index in [1.165, 1.54) is 5.56 Å². The number of nitrogens with zero attached hydrogens (tertiary/aromatic N) is 1. The molecule has 1 aliphatic heterocycles. The van der Waals surface area contributed by atoms with E-state index in [0.29, 0.717) is 13.0 Å². The van der Waals surface area contributed by atoms with Crippen molar-refractivity contribution in [3.05, 3.63) is 35.9 Å². The maximum Gasteiger partial charge on any atom is 0.223 e. The highest BCUT2D eigenvalue weighted by atomic mass is 16.2. The quantitative estimate of drug-likeness (QED) is 0.831. The van der Waals surface area contributed by atoms with Crippen LogP contribution in [0.4, 0.5) is 0 Å². The fourth-order valence-electron chi connectivity index (χ4n) is 2.37. The molecule has 0 aliphatic carbocycles. The van der Waals surface area contributed by atoms with Crippen LogP contribution >= 0.6 is 0 Å². The van der Waals surface area contributed by atoms with E-state index in [0.717, 1.165) is 26.1 Å². The van der Waals surface area contributed by atoms with E-state index in [1.54, 1.807) is 0 Å². The van der Waals surface area contributed by atoms with E-state index in [-0.39, 0.29) is 11.9 Å². The van der Waals surface area contributed by atoms with Crippen LogP contribution in [0.3, 0.4) is 0 Å². The minimum absolute atomic E-state index is 0.158. The first-order valence-electron chi connectivity index (χ1n) is 6.58. The highest BCUT2D eigenvalue weighted by Gasteiger charge is 2.26. The van der Waals surface area contributed by atoms with Gasteiger partial charge in [0.15, 0.2) is 0 Å². The van der Waals surface area contributed by atoms with Gasteiger partial charge in [-0.3, -0.25) is 4.79 Å². The van der Waals surface area contributed by atoms with Crippen LogP contribution in [0.25, 0.3) is 0 Å². The molecule has 1 amide bonds. The molecule has 1 unspecified atom stereocenters. The lowest BCUT2D eigenvalue weighted by atomic mass is 10.0. The van der Waals surface area contributed by atoms with Gasteiger partial charge >= 0.3 is 0 Å². The van der Waals surface area contributed by atoms with Crippen molar-refractivity contribution in [2.24, 2.45) is 5.73 Å². The van der Waals surface area contributed by atoms with Crippen molar-refractivity contribution in [3.8, 4) is 0 Å². The Morgan fingerprint density at radius 1 is 1.39 bits per heavy atom. The second-order valence-corrected chi connectivity index (χ2v) is 4.61. The number of amides is 1. The van der Waals surface area contributed by atoms with Crippen LogP contribution in [0, 0.1) is 0 Å². The lowest BCUT2D eigenvalue weighted by Crippen LogP contribution is -2.48. The third-order valence-electron chi connectivity index (χ3n) is 3.34. The molecule has 0 bridgehead atoms. The number of carbonyl (C=O) groups excluding carboxylic acids is 1. The van der Waals surface area contributed by atoms with Crippen LogP contribution in [0.1, 0.15) is 24.4 Å². The molecule has 3 N–H and O–H groups in total. The molecule has 1 fully saturated rings. The third kappa shape index (κ3) is 3.09. The zero-order valence-electron chi connectivity index (χ0n) is 10.6. The zero-order valence-corrected chi connectivity index (χ0v) is 10.6. The van der Waals surface area contributed by atoms with E-state index in [1.807, 2.05) is 23.1 Å². The summed E-state index contributed by atoms with van der Waals surface area (Å²) in [7, 11) is 0. The molecule has 0 saturated carbocycles. The number of nitrogens with two attached hydrogens (primary N) is 1. The van der Waals surface area contributed by atoms with Gasteiger partial charge in [-0.2, -0.15) is 0 Å². The second-order valence-electron chi connectivity index (χ2n) is 4.61. The maximum absolute atomic E-state index is 12.2. The van der Waals surface area contributed by atoms with Crippen LogP contribution in [0.2, 0.25) is 0 Å². The van der Waals surface area contributed by atoms with Gasteiger partial charge < -0.3 is 16.0 Å². The summed E-state index contributed by atoms with van der Waals surface area (Å²) in [6.45, 7) is 3.06. The number of rotatable bonds is 4.